The second-order valence-electron chi connectivity index (χ2n) is 5.45. The molecule has 5 nitrogen and oxygen atoms in total. The lowest BCUT2D eigenvalue weighted by atomic mass is 10.2. The lowest BCUT2D eigenvalue weighted by Gasteiger charge is -2.17. The first kappa shape index (κ1) is 17.4. The number of halogens is 1. The van der Waals surface area contributed by atoms with Crippen molar-refractivity contribution in [2.24, 2.45) is 0 Å². The molecule has 0 aliphatic heterocycles. The Morgan fingerprint density at radius 1 is 1.30 bits per heavy atom. The van der Waals surface area contributed by atoms with Gasteiger partial charge in [-0.1, -0.05) is 29.3 Å². The van der Waals surface area contributed by atoms with Crippen LogP contribution in [0.5, 0.6) is 0 Å². The van der Waals surface area contributed by atoms with Crippen molar-refractivity contribution in [1.82, 2.24) is 9.97 Å². The number of amides is 1. The molecule has 0 atom stereocenters. The molecule has 0 aliphatic rings. The highest BCUT2D eigenvalue weighted by molar-refractivity contribution is 9.10. The summed E-state index contributed by atoms with van der Waals surface area (Å²) in [5.41, 5.74) is 2.17. The van der Waals surface area contributed by atoms with E-state index in [4.69, 9.17) is 0 Å². The summed E-state index contributed by atoms with van der Waals surface area (Å²) in [4.78, 5) is 22.7. The van der Waals surface area contributed by atoms with E-state index in [-0.39, 0.29) is 5.91 Å². The fourth-order valence-electron chi connectivity index (χ4n) is 2.11. The van der Waals surface area contributed by atoms with Crippen LogP contribution >= 0.6 is 15.9 Å². The third kappa shape index (κ3) is 4.76. The van der Waals surface area contributed by atoms with Crippen LogP contribution in [-0.2, 0) is 0 Å². The number of hydrogen-bond donors (Lipinski definition) is 1. The van der Waals surface area contributed by atoms with Gasteiger partial charge in [0.15, 0.2) is 0 Å². The first-order valence-corrected chi connectivity index (χ1v) is 8.41. The maximum Gasteiger partial charge on any atom is 0.274 e. The zero-order valence-electron chi connectivity index (χ0n) is 13.6. The van der Waals surface area contributed by atoms with Gasteiger partial charge in [0.05, 0.1) is 0 Å². The molecule has 1 heterocycles. The number of hydrogen-bond acceptors (Lipinski definition) is 4. The Hall–Kier alpha value is -1.95. The zero-order valence-corrected chi connectivity index (χ0v) is 15.2. The van der Waals surface area contributed by atoms with Crippen LogP contribution in [0.2, 0.25) is 0 Å². The predicted octanol–water partition coefficient (Wildman–Crippen LogP) is 4.04. The van der Waals surface area contributed by atoms with E-state index < -0.39 is 0 Å². The third-order valence-corrected chi connectivity index (χ3v) is 4.43. The topological polar surface area (TPSA) is 58.1 Å². The summed E-state index contributed by atoms with van der Waals surface area (Å²) in [5, 5.41) is 2.87. The SMILES string of the molecule is CCCCN(C)c1cc(C(=O)Nc2ccc(Br)c(C)c2)ncn1. The summed E-state index contributed by atoms with van der Waals surface area (Å²) in [7, 11) is 1.97. The molecule has 1 amide bonds. The molecule has 23 heavy (non-hydrogen) atoms. The first-order valence-electron chi connectivity index (χ1n) is 7.62. The van der Waals surface area contributed by atoms with E-state index in [1.165, 1.54) is 6.33 Å². The molecule has 0 unspecified atom stereocenters. The van der Waals surface area contributed by atoms with Gasteiger partial charge >= 0.3 is 0 Å². The highest BCUT2D eigenvalue weighted by Crippen LogP contribution is 2.20. The van der Waals surface area contributed by atoms with Crippen molar-refractivity contribution in [3.8, 4) is 0 Å². The summed E-state index contributed by atoms with van der Waals surface area (Å²) in [6, 6.07) is 7.40. The number of carbonyl (C=O) groups excluding carboxylic acids is 1. The number of nitrogens with one attached hydrogen (secondary N) is 1. The molecule has 0 radical (unpaired) electrons. The largest absolute Gasteiger partial charge is 0.360 e. The van der Waals surface area contributed by atoms with Gasteiger partial charge in [-0.2, -0.15) is 0 Å². The number of aryl methyl sites for hydroxylation is 1. The lowest BCUT2D eigenvalue weighted by molar-refractivity contribution is 0.102. The molecule has 0 aliphatic carbocycles. The van der Waals surface area contributed by atoms with E-state index in [2.05, 4.69) is 38.1 Å². The van der Waals surface area contributed by atoms with Crippen molar-refractivity contribution in [1.29, 1.82) is 0 Å². The van der Waals surface area contributed by atoms with E-state index >= 15 is 0 Å². The Bertz CT molecular complexity index is 690. The van der Waals surface area contributed by atoms with Crippen molar-refractivity contribution < 1.29 is 4.79 Å². The maximum absolute atomic E-state index is 12.4. The fraction of sp³-hybridized carbons (Fsp3) is 0.353. The Balaban J connectivity index is 2.11. The summed E-state index contributed by atoms with van der Waals surface area (Å²) < 4.78 is 1.01. The smallest absolute Gasteiger partial charge is 0.274 e. The van der Waals surface area contributed by atoms with E-state index in [1.807, 2.05) is 37.1 Å². The quantitative estimate of drug-likeness (QED) is 0.826. The van der Waals surface area contributed by atoms with E-state index in [0.717, 1.165) is 40.9 Å². The standard InChI is InChI=1S/C17H21BrN4O/c1-4-5-8-22(3)16-10-15(19-11-20-16)17(23)21-13-6-7-14(18)12(2)9-13/h6-7,9-11H,4-5,8H2,1-3H3,(H,21,23). The fourth-order valence-corrected chi connectivity index (χ4v) is 2.35. The van der Waals surface area contributed by atoms with E-state index in [0.29, 0.717) is 5.69 Å². The number of aromatic nitrogens is 2. The van der Waals surface area contributed by atoms with Crippen LogP contribution in [0.1, 0.15) is 35.8 Å². The Morgan fingerprint density at radius 2 is 2.09 bits per heavy atom. The Kier molecular flexibility index (Phi) is 6.10. The minimum atomic E-state index is -0.237. The summed E-state index contributed by atoms with van der Waals surface area (Å²) >= 11 is 3.45. The van der Waals surface area contributed by atoms with Crippen LogP contribution in [-0.4, -0.2) is 29.5 Å². The number of nitrogens with zero attached hydrogens (tertiary/aromatic N) is 3. The van der Waals surface area contributed by atoms with E-state index in [1.54, 1.807) is 6.07 Å². The van der Waals surface area contributed by atoms with Crippen molar-refractivity contribution in [3.05, 3.63) is 46.3 Å². The molecule has 2 rings (SSSR count). The molecule has 1 aromatic carbocycles. The van der Waals surface area contributed by atoms with Gasteiger partial charge in [0.1, 0.15) is 17.8 Å². The monoisotopic (exact) mass is 376 g/mol. The molecular weight excluding hydrogens is 356 g/mol. The van der Waals surface area contributed by atoms with Crippen LogP contribution in [0.4, 0.5) is 11.5 Å². The second-order valence-corrected chi connectivity index (χ2v) is 6.31. The van der Waals surface area contributed by atoms with Gasteiger partial charge in [0.25, 0.3) is 5.91 Å². The van der Waals surface area contributed by atoms with Gasteiger partial charge in [-0.3, -0.25) is 4.79 Å². The second kappa shape index (κ2) is 8.06. The molecule has 0 saturated carbocycles. The number of unbranched alkanes of at least 4 members (excludes halogenated alkanes) is 1. The molecule has 2 aromatic rings. The number of rotatable bonds is 6. The molecule has 1 N–H and O–H groups in total. The minimum Gasteiger partial charge on any atom is -0.360 e. The maximum atomic E-state index is 12.4. The third-order valence-electron chi connectivity index (χ3n) is 3.54. The number of anilines is 2. The van der Waals surface area contributed by atoms with Gasteiger partial charge < -0.3 is 10.2 Å². The molecule has 0 saturated heterocycles. The first-order chi connectivity index (χ1) is 11.0. The zero-order chi connectivity index (χ0) is 16.8. The normalized spacial score (nSPS) is 10.4. The van der Waals surface area contributed by atoms with Crippen LogP contribution in [0, 0.1) is 6.92 Å². The molecule has 0 fully saturated rings. The van der Waals surface area contributed by atoms with Crippen molar-refractivity contribution in [2.45, 2.75) is 26.7 Å². The number of benzene rings is 1. The lowest BCUT2D eigenvalue weighted by Crippen LogP contribution is -2.21. The van der Waals surface area contributed by atoms with Gasteiger partial charge in [-0.05, 0) is 37.1 Å². The molecule has 0 bridgehead atoms. The summed E-state index contributed by atoms with van der Waals surface area (Å²) in [5.74, 6) is 0.518. The van der Waals surface area contributed by atoms with Gasteiger partial charge in [0.2, 0.25) is 0 Å². The van der Waals surface area contributed by atoms with Crippen molar-refractivity contribution in [2.75, 3.05) is 23.8 Å². The van der Waals surface area contributed by atoms with Crippen LogP contribution in [0.15, 0.2) is 35.1 Å². The predicted molar refractivity (Wildman–Crippen MR) is 97.0 cm³/mol. The molecular formula is C17H21BrN4O. The Morgan fingerprint density at radius 3 is 2.78 bits per heavy atom. The van der Waals surface area contributed by atoms with E-state index in [9.17, 15) is 4.79 Å². The van der Waals surface area contributed by atoms with Gasteiger partial charge in [-0.15, -0.1) is 0 Å². The van der Waals surface area contributed by atoms with Gasteiger partial charge in [0, 0.05) is 29.8 Å². The molecule has 122 valence electrons. The molecule has 0 spiro atoms. The average Bonchev–Trinajstić information content (AvgIpc) is 2.56. The number of carbonyl (C=O) groups is 1. The van der Waals surface area contributed by atoms with Crippen LogP contribution < -0.4 is 10.2 Å². The summed E-state index contributed by atoms with van der Waals surface area (Å²) in [6.45, 7) is 5.03. The van der Waals surface area contributed by atoms with Crippen LogP contribution in [0.3, 0.4) is 0 Å². The van der Waals surface area contributed by atoms with Crippen molar-refractivity contribution in [3.63, 3.8) is 0 Å². The highest BCUT2D eigenvalue weighted by Gasteiger charge is 2.11. The van der Waals surface area contributed by atoms with Crippen LogP contribution in [0.25, 0.3) is 0 Å². The highest BCUT2D eigenvalue weighted by atomic mass is 79.9. The minimum absolute atomic E-state index is 0.237. The average molecular weight is 377 g/mol. The summed E-state index contributed by atoms with van der Waals surface area (Å²) in [6.07, 6.45) is 3.63. The van der Waals surface area contributed by atoms with Gasteiger partial charge in [-0.25, -0.2) is 9.97 Å². The molecule has 1 aromatic heterocycles. The van der Waals surface area contributed by atoms with Crippen molar-refractivity contribution >= 4 is 33.3 Å². The molecule has 6 heteroatoms. The Labute approximate surface area is 145 Å².